The molecule has 2 aromatic rings. The van der Waals surface area contributed by atoms with E-state index in [-0.39, 0.29) is 23.3 Å². The van der Waals surface area contributed by atoms with Crippen LogP contribution in [-0.4, -0.2) is 29.3 Å². The zero-order chi connectivity index (χ0) is 19.4. The third kappa shape index (κ3) is 4.78. The van der Waals surface area contributed by atoms with Crippen molar-refractivity contribution in [1.29, 1.82) is 0 Å². The van der Waals surface area contributed by atoms with Gasteiger partial charge in [0.1, 0.15) is 16.8 Å². The number of carbonyl (C=O) groups is 2. The van der Waals surface area contributed by atoms with Crippen molar-refractivity contribution in [2.45, 2.75) is 11.7 Å². The van der Waals surface area contributed by atoms with E-state index in [1.165, 1.54) is 25.3 Å². The first-order valence-corrected chi connectivity index (χ1v) is 9.16. The zero-order valence-corrected chi connectivity index (χ0v) is 15.7. The van der Waals surface area contributed by atoms with Gasteiger partial charge >= 0.3 is 0 Å². The second-order valence-electron chi connectivity index (χ2n) is 5.56. The van der Waals surface area contributed by atoms with Gasteiger partial charge in [0, 0.05) is 6.42 Å². The molecule has 0 aromatic heterocycles. The lowest BCUT2D eigenvalue weighted by Gasteiger charge is -2.10. The van der Waals surface area contributed by atoms with Crippen LogP contribution >= 0.6 is 23.4 Å². The number of benzene rings is 2. The highest BCUT2D eigenvalue weighted by molar-refractivity contribution is 8.15. The van der Waals surface area contributed by atoms with Gasteiger partial charge < -0.3 is 15.4 Å². The molecule has 1 heterocycles. The Bertz CT molecular complexity index is 922. The van der Waals surface area contributed by atoms with Crippen LogP contribution in [0.15, 0.2) is 47.5 Å². The molecule has 140 valence electrons. The number of thioether (sulfide) groups is 1. The summed E-state index contributed by atoms with van der Waals surface area (Å²) in [7, 11) is 1.51. The molecule has 0 aliphatic carbocycles. The number of para-hydroxylation sites is 2. The highest BCUT2D eigenvalue weighted by Crippen LogP contribution is 2.28. The number of nitrogens with one attached hydrogen (secondary N) is 2. The quantitative estimate of drug-likeness (QED) is 0.791. The smallest absolute Gasteiger partial charge is 0.240 e. The van der Waals surface area contributed by atoms with E-state index in [9.17, 15) is 14.0 Å². The molecule has 2 aromatic carbocycles. The summed E-state index contributed by atoms with van der Waals surface area (Å²) in [6.07, 6.45) is -0.0300. The number of hydrogen-bond donors (Lipinski definition) is 2. The number of amides is 2. The molecule has 1 atom stereocenters. The molecule has 9 heteroatoms. The molecule has 0 unspecified atom stereocenters. The molecule has 3 rings (SSSR count). The van der Waals surface area contributed by atoms with Crippen molar-refractivity contribution in [3.05, 3.63) is 53.3 Å². The maximum Gasteiger partial charge on any atom is 0.240 e. The number of anilines is 1. The van der Waals surface area contributed by atoms with E-state index in [0.717, 1.165) is 11.8 Å². The molecule has 2 N–H and O–H groups in total. The molecule has 1 aliphatic rings. The number of aliphatic imine (C=N–C) groups is 1. The summed E-state index contributed by atoms with van der Waals surface area (Å²) < 4.78 is 18.4. The van der Waals surface area contributed by atoms with Gasteiger partial charge in [-0.05, 0) is 30.3 Å². The van der Waals surface area contributed by atoms with Gasteiger partial charge in [0.15, 0.2) is 5.17 Å². The molecule has 0 radical (unpaired) electrons. The van der Waals surface area contributed by atoms with Crippen LogP contribution in [0.3, 0.4) is 0 Å². The van der Waals surface area contributed by atoms with E-state index in [4.69, 9.17) is 16.3 Å². The van der Waals surface area contributed by atoms with Gasteiger partial charge in [-0.25, -0.2) is 9.38 Å². The Balaban J connectivity index is 1.64. The number of rotatable bonds is 5. The minimum atomic E-state index is -0.616. The lowest BCUT2D eigenvalue weighted by Crippen LogP contribution is -2.28. The average molecular weight is 408 g/mol. The van der Waals surface area contributed by atoms with Crippen molar-refractivity contribution < 1.29 is 18.7 Å². The standard InChI is InChI=1S/C18H15ClFN3O3S/c1-26-14-5-3-2-4-13(14)22-16(24)9-15-17(25)23-18(27-15)21-10-6-7-12(20)11(19)8-10/h2-8,15H,9H2,1H3,(H,22,24)(H,21,23,25)/t15-/m0/s1. The summed E-state index contributed by atoms with van der Waals surface area (Å²) in [5.74, 6) is -0.653. The Labute approximate surface area is 164 Å². The van der Waals surface area contributed by atoms with Crippen LogP contribution in [0.5, 0.6) is 5.75 Å². The monoisotopic (exact) mass is 407 g/mol. The summed E-state index contributed by atoms with van der Waals surface area (Å²) in [6, 6.07) is 11.0. The van der Waals surface area contributed by atoms with E-state index in [1.54, 1.807) is 24.3 Å². The summed E-state index contributed by atoms with van der Waals surface area (Å²) in [5.41, 5.74) is 0.937. The van der Waals surface area contributed by atoms with Crippen LogP contribution in [0.2, 0.25) is 5.02 Å². The summed E-state index contributed by atoms with van der Waals surface area (Å²) >= 11 is 6.86. The van der Waals surface area contributed by atoms with Gasteiger partial charge in [0.2, 0.25) is 11.8 Å². The normalized spacial score (nSPS) is 17.7. The first-order chi connectivity index (χ1) is 13.0. The molecule has 27 heavy (non-hydrogen) atoms. The molecule has 0 bridgehead atoms. The highest BCUT2D eigenvalue weighted by atomic mass is 35.5. The maximum absolute atomic E-state index is 13.2. The van der Waals surface area contributed by atoms with Crippen LogP contribution in [0.25, 0.3) is 0 Å². The third-order valence-corrected chi connectivity index (χ3v) is 5.03. The zero-order valence-electron chi connectivity index (χ0n) is 14.2. The molecule has 6 nitrogen and oxygen atoms in total. The van der Waals surface area contributed by atoms with Crippen LogP contribution < -0.4 is 15.4 Å². The van der Waals surface area contributed by atoms with Crippen molar-refractivity contribution in [2.75, 3.05) is 12.4 Å². The highest BCUT2D eigenvalue weighted by Gasteiger charge is 2.32. The summed E-state index contributed by atoms with van der Waals surface area (Å²) in [6.45, 7) is 0. The minimum Gasteiger partial charge on any atom is -0.495 e. The lowest BCUT2D eigenvalue weighted by atomic mass is 10.2. The van der Waals surface area contributed by atoms with Gasteiger partial charge in [-0.15, -0.1) is 0 Å². The van der Waals surface area contributed by atoms with E-state index < -0.39 is 11.1 Å². The molecule has 0 spiro atoms. The van der Waals surface area contributed by atoms with E-state index >= 15 is 0 Å². The predicted octanol–water partition coefficient (Wildman–Crippen LogP) is 3.74. The van der Waals surface area contributed by atoms with Crippen LogP contribution in [-0.2, 0) is 9.59 Å². The molecule has 1 saturated heterocycles. The fourth-order valence-electron chi connectivity index (χ4n) is 2.38. The maximum atomic E-state index is 13.2. The number of carbonyl (C=O) groups excluding carboxylic acids is 2. The predicted molar refractivity (Wildman–Crippen MR) is 104 cm³/mol. The van der Waals surface area contributed by atoms with Gasteiger partial charge in [0.05, 0.1) is 23.5 Å². The Hall–Kier alpha value is -2.58. The third-order valence-electron chi connectivity index (χ3n) is 3.66. The van der Waals surface area contributed by atoms with Crippen LogP contribution in [0, 0.1) is 5.82 Å². The number of nitrogens with zero attached hydrogens (tertiary/aromatic N) is 1. The Kier molecular flexibility index (Phi) is 5.98. The molecule has 1 fully saturated rings. The molecule has 1 aliphatic heterocycles. The van der Waals surface area contributed by atoms with Gasteiger partial charge in [-0.2, -0.15) is 0 Å². The fourth-order valence-corrected chi connectivity index (χ4v) is 3.54. The Morgan fingerprint density at radius 3 is 2.89 bits per heavy atom. The Morgan fingerprint density at radius 1 is 1.37 bits per heavy atom. The second kappa shape index (κ2) is 8.41. The lowest BCUT2D eigenvalue weighted by molar-refractivity contribution is -0.122. The van der Waals surface area contributed by atoms with Crippen molar-refractivity contribution in [1.82, 2.24) is 5.32 Å². The van der Waals surface area contributed by atoms with Crippen molar-refractivity contribution in [3.8, 4) is 5.75 Å². The first kappa shape index (κ1) is 19.2. The van der Waals surface area contributed by atoms with E-state index in [1.807, 2.05) is 0 Å². The molecular formula is C18H15ClFN3O3S. The van der Waals surface area contributed by atoms with Crippen molar-refractivity contribution in [3.63, 3.8) is 0 Å². The number of hydrogen-bond acceptors (Lipinski definition) is 5. The van der Waals surface area contributed by atoms with Crippen molar-refractivity contribution >= 4 is 51.7 Å². The van der Waals surface area contributed by atoms with Gasteiger partial charge in [-0.3, -0.25) is 9.59 Å². The Morgan fingerprint density at radius 2 is 2.15 bits per heavy atom. The van der Waals surface area contributed by atoms with Crippen molar-refractivity contribution in [2.24, 2.45) is 4.99 Å². The molecule has 0 saturated carbocycles. The fraction of sp³-hybridized carbons (Fsp3) is 0.167. The second-order valence-corrected chi connectivity index (χ2v) is 7.16. The van der Waals surface area contributed by atoms with Gasteiger partial charge in [0.25, 0.3) is 0 Å². The van der Waals surface area contributed by atoms with E-state index in [0.29, 0.717) is 22.3 Å². The van der Waals surface area contributed by atoms with Crippen LogP contribution in [0.4, 0.5) is 15.8 Å². The van der Waals surface area contributed by atoms with E-state index in [2.05, 4.69) is 15.6 Å². The number of ether oxygens (including phenoxy) is 1. The average Bonchev–Trinajstić information content (AvgIpc) is 2.97. The van der Waals surface area contributed by atoms with Gasteiger partial charge in [-0.1, -0.05) is 35.5 Å². The molecule has 2 amide bonds. The minimum absolute atomic E-state index is 0.0300. The molecular weight excluding hydrogens is 393 g/mol. The van der Waals surface area contributed by atoms with Crippen LogP contribution in [0.1, 0.15) is 6.42 Å². The summed E-state index contributed by atoms with van der Waals surface area (Å²) in [4.78, 5) is 28.6. The summed E-state index contributed by atoms with van der Waals surface area (Å²) in [5, 5.41) is 5.00. The number of amidine groups is 1. The first-order valence-electron chi connectivity index (χ1n) is 7.90. The topological polar surface area (TPSA) is 79.8 Å². The number of halogens is 2. The SMILES string of the molecule is COc1ccccc1NC(=O)C[C@@H]1SC(=Nc2ccc(F)c(Cl)c2)NC1=O. The number of methoxy groups -OCH3 is 1. The largest absolute Gasteiger partial charge is 0.495 e.